The molecular weight excluding hydrogens is 408 g/mol. The number of aryl methyl sites for hydroxylation is 1. The molecule has 0 saturated carbocycles. The Morgan fingerprint density at radius 3 is 2.27 bits per heavy atom. The van der Waals surface area contributed by atoms with Crippen LogP contribution < -0.4 is 4.90 Å². The van der Waals surface area contributed by atoms with Crippen molar-refractivity contribution in [2.45, 2.75) is 13.5 Å². The quantitative estimate of drug-likeness (QED) is 0.366. The van der Waals surface area contributed by atoms with Gasteiger partial charge in [0, 0.05) is 30.6 Å². The van der Waals surface area contributed by atoms with Gasteiger partial charge in [0.15, 0.2) is 11.5 Å². The van der Waals surface area contributed by atoms with Crippen molar-refractivity contribution in [3.63, 3.8) is 0 Å². The summed E-state index contributed by atoms with van der Waals surface area (Å²) in [5.74, 6) is 1.66. The van der Waals surface area contributed by atoms with Crippen molar-refractivity contribution in [3.05, 3.63) is 90.0 Å². The van der Waals surface area contributed by atoms with Gasteiger partial charge in [-0.3, -0.25) is 0 Å². The van der Waals surface area contributed by atoms with E-state index >= 15 is 0 Å². The summed E-state index contributed by atoms with van der Waals surface area (Å²) in [6, 6.07) is 27.1. The molecule has 0 radical (unpaired) electrons. The Morgan fingerprint density at radius 2 is 1.52 bits per heavy atom. The van der Waals surface area contributed by atoms with Crippen LogP contribution in [0.3, 0.4) is 0 Å². The minimum atomic E-state index is 0.751. The molecule has 0 bridgehead atoms. The molecule has 0 unspecified atom stereocenters. The lowest BCUT2D eigenvalue weighted by Crippen LogP contribution is -2.33. The van der Waals surface area contributed by atoms with Crippen LogP contribution in [0.15, 0.2) is 78.9 Å². The zero-order valence-electron chi connectivity index (χ0n) is 19.3. The Kier molecular flexibility index (Phi) is 5.75. The second-order valence-electron chi connectivity index (χ2n) is 8.69. The van der Waals surface area contributed by atoms with E-state index in [1.165, 1.54) is 11.1 Å². The predicted octanol–water partition coefficient (Wildman–Crippen LogP) is 4.82. The Morgan fingerprint density at radius 1 is 0.788 bits per heavy atom. The van der Waals surface area contributed by atoms with E-state index in [0.29, 0.717) is 0 Å². The minimum absolute atomic E-state index is 0.751. The molecular formula is C27H28N6. The number of hydrogen-bond donors (Lipinski definition) is 0. The standard InChI is InChI=1S/C27H28N6/c1-20-13-15-22(16-14-20)25-29-30-26-23-11-7-8-12-24(23)28-27(33(25)26)32(18-17-31(2)3)19-21-9-5-4-6-10-21/h4-16H,17-19H2,1-3H3. The first-order valence-electron chi connectivity index (χ1n) is 11.2. The number of rotatable bonds is 7. The third-order valence-corrected chi connectivity index (χ3v) is 5.85. The summed E-state index contributed by atoms with van der Waals surface area (Å²) in [5.41, 5.74) is 5.23. The van der Waals surface area contributed by atoms with Crippen LogP contribution in [0.2, 0.25) is 0 Å². The predicted molar refractivity (Wildman–Crippen MR) is 135 cm³/mol. The van der Waals surface area contributed by atoms with E-state index in [0.717, 1.165) is 53.5 Å². The summed E-state index contributed by atoms with van der Waals surface area (Å²) < 4.78 is 2.12. The molecule has 0 aliphatic carbocycles. The summed E-state index contributed by atoms with van der Waals surface area (Å²) >= 11 is 0. The highest BCUT2D eigenvalue weighted by Gasteiger charge is 2.21. The zero-order valence-corrected chi connectivity index (χ0v) is 19.3. The topological polar surface area (TPSA) is 49.6 Å². The maximum Gasteiger partial charge on any atom is 0.214 e. The number of hydrogen-bond acceptors (Lipinski definition) is 5. The molecule has 166 valence electrons. The van der Waals surface area contributed by atoms with Crippen LogP contribution in [-0.2, 0) is 6.54 Å². The van der Waals surface area contributed by atoms with Gasteiger partial charge in [0.25, 0.3) is 0 Å². The van der Waals surface area contributed by atoms with E-state index in [-0.39, 0.29) is 0 Å². The fourth-order valence-corrected chi connectivity index (χ4v) is 4.04. The van der Waals surface area contributed by atoms with Crippen molar-refractivity contribution >= 4 is 22.5 Å². The van der Waals surface area contributed by atoms with Gasteiger partial charge in [-0.1, -0.05) is 72.3 Å². The van der Waals surface area contributed by atoms with E-state index in [2.05, 4.69) is 106 Å². The summed E-state index contributed by atoms with van der Waals surface area (Å²) in [5, 5.41) is 10.3. The average Bonchev–Trinajstić information content (AvgIpc) is 3.28. The fourth-order valence-electron chi connectivity index (χ4n) is 4.04. The van der Waals surface area contributed by atoms with Crippen LogP contribution in [0.1, 0.15) is 11.1 Å². The first-order valence-corrected chi connectivity index (χ1v) is 11.2. The number of fused-ring (bicyclic) bond motifs is 3. The lowest BCUT2D eigenvalue weighted by Gasteiger charge is -2.27. The van der Waals surface area contributed by atoms with Crippen molar-refractivity contribution in [1.82, 2.24) is 24.5 Å². The molecule has 33 heavy (non-hydrogen) atoms. The molecule has 2 heterocycles. The van der Waals surface area contributed by atoms with Crippen molar-refractivity contribution in [1.29, 1.82) is 0 Å². The monoisotopic (exact) mass is 436 g/mol. The molecule has 0 N–H and O–H groups in total. The Labute approximate surface area is 194 Å². The summed E-state index contributed by atoms with van der Waals surface area (Å²) in [6.45, 7) is 4.58. The van der Waals surface area contributed by atoms with Crippen LogP contribution in [0.4, 0.5) is 5.95 Å². The SMILES string of the molecule is Cc1ccc(-c2nnc3c4ccccc4nc(N(CCN(C)C)Cc4ccccc4)n23)cc1. The van der Waals surface area contributed by atoms with Crippen molar-refractivity contribution in [3.8, 4) is 11.4 Å². The molecule has 0 aliphatic rings. The van der Waals surface area contributed by atoms with Crippen LogP contribution in [0, 0.1) is 6.92 Å². The Balaban J connectivity index is 1.73. The largest absolute Gasteiger partial charge is 0.336 e. The second kappa shape index (κ2) is 9.00. The molecule has 2 aromatic heterocycles. The molecule has 5 aromatic rings. The summed E-state index contributed by atoms with van der Waals surface area (Å²) in [6.07, 6.45) is 0. The molecule has 0 saturated heterocycles. The average molecular weight is 437 g/mol. The number of likely N-dealkylation sites (N-methyl/N-ethyl adjacent to an activating group) is 1. The van der Waals surface area contributed by atoms with Gasteiger partial charge in [0.1, 0.15) is 0 Å². The third kappa shape index (κ3) is 4.30. The van der Waals surface area contributed by atoms with Crippen LogP contribution in [-0.4, -0.2) is 51.7 Å². The van der Waals surface area contributed by atoms with E-state index in [1.807, 2.05) is 18.2 Å². The van der Waals surface area contributed by atoms with Gasteiger partial charge in [0.2, 0.25) is 5.95 Å². The first kappa shape index (κ1) is 21.1. The highest BCUT2D eigenvalue weighted by molar-refractivity contribution is 5.93. The van der Waals surface area contributed by atoms with Crippen LogP contribution in [0.5, 0.6) is 0 Å². The van der Waals surface area contributed by atoms with Gasteiger partial charge in [-0.2, -0.15) is 0 Å². The number of nitrogens with zero attached hydrogens (tertiary/aromatic N) is 6. The number of aromatic nitrogens is 4. The lowest BCUT2D eigenvalue weighted by molar-refractivity contribution is 0.411. The van der Waals surface area contributed by atoms with Crippen molar-refractivity contribution in [2.75, 3.05) is 32.1 Å². The van der Waals surface area contributed by atoms with Gasteiger partial charge in [-0.15, -0.1) is 10.2 Å². The van der Waals surface area contributed by atoms with Gasteiger partial charge >= 0.3 is 0 Å². The van der Waals surface area contributed by atoms with Gasteiger partial charge in [-0.05, 0) is 38.7 Å². The molecule has 0 atom stereocenters. The minimum Gasteiger partial charge on any atom is -0.336 e. The van der Waals surface area contributed by atoms with E-state index in [4.69, 9.17) is 4.98 Å². The van der Waals surface area contributed by atoms with E-state index < -0.39 is 0 Å². The highest BCUT2D eigenvalue weighted by Crippen LogP contribution is 2.29. The maximum absolute atomic E-state index is 5.14. The maximum atomic E-state index is 5.14. The molecule has 6 nitrogen and oxygen atoms in total. The van der Waals surface area contributed by atoms with Gasteiger partial charge < -0.3 is 9.80 Å². The molecule has 5 rings (SSSR count). The third-order valence-electron chi connectivity index (χ3n) is 5.85. The lowest BCUT2D eigenvalue weighted by atomic mass is 10.1. The highest BCUT2D eigenvalue weighted by atomic mass is 15.4. The number of para-hydroxylation sites is 1. The van der Waals surface area contributed by atoms with Crippen molar-refractivity contribution in [2.24, 2.45) is 0 Å². The molecule has 0 aliphatic heterocycles. The summed E-state index contributed by atoms with van der Waals surface area (Å²) in [7, 11) is 4.20. The molecule has 6 heteroatoms. The second-order valence-corrected chi connectivity index (χ2v) is 8.69. The zero-order chi connectivity index (χ0) is 22.8. The fraction of sp³-hybridized carbons (Fsp3) is 0.222. The number of anilines is 1. The van der Waals surface area contributed by atoms with Crippen molar-refractivity contribution < 1.29 is 0 Å². The van der Waals surface area contributed by atoms with Gasteiger partial charge in [0.05, 0.1) is 5.52 Å². The molecule has 0 fully saturated rings. The number of benzene rings is 3. The Bertz CT molecular complexity index is 1370. The normalized spacial score (nSPS) is 11.5. The molecule has 0 amide bonds. The van der Waals surface area contributed by atoms with E-state index in [1.54, 1.807) is 0 Å². The molecule has 3 aromatic carbocycles. The smallest absolute Gasteiger partial charge is 0.214 e. The van der Waals surface area contributed by atoms with Crippen LogP contribution in [0.25, 0.3) is 27.9 Å². The van der Waals surface area contributed by atoms with Crippen LogP contribution >= 0.6 is 0 Å². The summed E-state index contributed by atoms with van der Waals surface area (Å²) in [4.78, 5) is 9.67. The Hall–Kier alpha value is -3.77. The van der Waals surface area contributed by atoms with Gasteiger partial charge in [-0.25, -0.2) is 9.38 Å². The van der Waals surface area contributed by atoms with E-state index in [9.17, 15) is 0 Å². The molecule has 0 spiro atoms. The first-order chi connectivity index (χ1) is 16.1.